The van der Waals surface area contributed by atoms with E-state index >= 15 is 0 Å². The quantitative estimate of drug-likeness (QED) is 0.782. The molecular formula is C16H18O2. The van der Waals surface area contributed by atoms with Gasteiger partial charge in [-0.05, 0) is 52.3 Å². The Balaban J connectivity index is 2.16. The smallest absolute Gasteiger partial charge is 0.161 e. The minimum Gasteiger partial charge on any atom is -0.493 e. The van der Waals surface area contributed by atoms with Crippen molar-refractivity contribution in [3.8, 4) is 11.5 Å². The lowest BCUT2D eigenvalue weighted by Gasteiger charge is -2.19. The van der Waals surface area contributed by atoms with Gasteiger partial charge in [-0.2, -0.15) is 0 Å². The van der Waals surface area contributed by atoms with E-state index in [1.807, 2.05) is 0 Å². The van der Waals surface area contributed by atoms with Gasteiger partial charge < -0.3 is 9.47 Å². The lowest BCUT2D eigenvalue weighted by molar-refractivity contribution is 0.355. The lowest BCUT2D eigenvalue weighted by Crippen LogP contribution is -2.07. The van der Waals surface area contributed by atoms with E-state index in [1.165, 1.54) is 22.3 Å². The molecular weight excluding hydrogens is 224 g/mol. The number of benzene rings is 1. The molecule has 2 heteroatoms. The van der Waals surface area contributed by atoms with Gasteiger partial charge >= 0.3 is 0 Å². The molecule has 0 atom stereocenters. The molecule has 1 aromatic carbocycles. The van der Waals surface area contributed by atoms with Crippen LogP contribution in [0, 0.1) is 5.41 Å². The van der Waals surface area contributed by atoms with Crippen LogP contribution in [-0.2, 0) is 0 Å². The van der Waals surface area contributed by atoms with Crippen molar-refractivity contribution in [2.45, 2.75) is 20.3 Å². The Hall–Kier alpha value is -1.70. The summed E-state index contributed by atoms with van der Waals surface area (Å²) in [5.74, 6) is 1.60. The van der Waals surface area contributed by atoms with Crippen LogP contribution in [0.1, 0.15) is 31.4 Å². The fraction of sp³-hybridized carbons (Fsp3) is 0.375. The molecule has 1 aromatic rings. The minimum absolute atomic E-state index is 0.245. The number of methoxy groups -OCH3 is 2. The third-order valence-corrected chi connectivity index (χ3v) is 3.98. The van der Waals surface area contributed by atoms with Gasteiger partial charge in [0.25, 0.3) is 0 Å². The summed E-state index contributed by atoms with van der Waals surface area (Å²) < 4.78 is 10.7. The second-order valence-electron chi connectivity index (χ2n) is 5.56. The van der Waals surface area contributed by atoms with Gasteiger partial charge in [0.15, 0.2) is 11.5 Å². The Morgan fingerprint density at radius 2 is 1.72 bits per heavy atom. The maximum absolute atomic E-state index is 5.39. The predicted molar refractivity (Wildman–Crippen MR) is 73.9 cm³/mol. The van der Waals surface area contributed by atoms with E-state index in [1.54, 1.807) is 14.2 Å². The highest BCUT2D eigenvalue weighted by Crippen LogP contribution is 2.53. The predicted octanol–water partition coefficient (Wildman–Crippen LogP) is 3.91. The van der Waals surface area contributed by atoms with Crippen molar-refractivity contribution in [1.82, 2.24) is 0 Å². The number of hydrogen-bond acceptors (Lipinski definition) is 2. The first-order chi connectivity index (χ1) is 8.56. The van der Waals surface area contributed by atoms with Crippen molar-refractivity contribution in [1.29, 1.82) is 0 Å². The first-order valence-electron chi connectivity index (χ1n) is 6.26. The average molecular weight is 242 g/mol. The van der Waals surface area contributed by atoms with Crippen LogP contribution in [0.4, 0.5) is 0 Å². The normalized spacial score (nSPS) is 18.9. The van der Waals surface area contributed by atoms with Crippen LogP contribution in [0.15, 0.2) is 23.8 Å². The van der Waals surface area contributed by atoms with Crippen LogP contribution in [-0.4, -0.2) is 14.2 Å². The Bertz CT molecular complexity index is 577. The van der Waals surface area contributed by atoms with Gasteiger partial charge in [0.1, 0.15) is 0 Å². The van der Waals surface area contributed by atoms with Crippen LogP contribution in [0.25, 0.3) is 11.6 Å². The van der Waals surface area contributed by atoms with Crippen molar-refractivity contribution in [2.75, 3.05) is 14.2 Å². The molecule has 2 aliphatic carbocycles. The monoisotopic (exact) mass is 242 g/mol. The Labute approximate surface area is 108 Å². The molecule has 18 heavy (non-hydrogen) atoms. The van der Waals surface area contributed by atoms with Gasteiger partial charge in [0, 0.05) is 0 Å². The van der Waals surface area contributed by atoms with Crippen molar-refractivity contribution in [3.05, 3.63) is 34.9 Å². The van der Waals surface area contributed by atoms with E-state index in [0.717, 1.165) is 17.9 Å². The third-order valence-electron chi connectivity index (χ3n) is 3.98. The van der Waals surface area contributed by atoms with Crippen LogP contribution in [0.3, 0.4) is 0 Å². The molecule has 3 rings (SSSR count). The molecule has 0 aromatic heterocycles. The van der Waals surface area contributed by atoms with Gasteiger partial charge in [-0.1, -0.05) is 19.9 Å². The van der Waals surface area contributed by atoms with Gasteiger partial charge in [0.2, 0.25) is 0 Å². The number of rotatable bonds is 2. The molecule has 0 bridgehead atoms. The average Bonchev–Trinajstić information content (AvgIpc) is 2.85. The zero-order valence-electron chi connectivity index (χ0n) is 11.3. The molecule has 0 saturated heterocycles. The molecule has 2 nitrogen and oxygen atoms in total. The third kappa shape index (κ3) is 1.41. The summed E-state index contributed by atoms with van der Waals surface area (Å²) in [4.78, 5) is 0. The fourth-order valence-corrected chi connectivity index (χ4v) is 2.87. The van der Waals surface area contributed by atoms with E-state index in [2.05, 4.69) is 38.1 Å². The Kier molecular flexibility index (Phi) is 2.31. The van der Waals surface area contributed by atoms with E-state index in [4.69, 9.17) is 9.47 Å². The zero-order valence-corrected chi connectivity index (χ0v) is 11.3. The topological polar surface area (TPSA) is 18.5 Å². The number of fused-ring (bicyclic) bond motifs is 3. The van der Waals surface area contributed by atoms with Gasteiger partial charge in [-0.3, -0.25) is 0 Å². The maximum atomic E-state index is 5.39. The van der Waals surface area contributed by atoms with Gasteiger partial charge in [-0.25, -0.2) is 0 Å². The molecule has 2 aliphatic rings. The van der Waals surface area contributed by atoms with Crippen LogP contribution < -0.4 is 9.47 Å². The molecule has 0 aliphatic heterocycles. The molecule has 0 fully saturated rings. The van der Waals surface area contributed by atoms with E-state index in [0.29, 0.717) is 0 Å². The molecule has 0 spiro atoms. The van der Waals surface area contributed by atoms with Crippen LogP contribution in [0.2, 0.25) is 0 Å². The molecule has 0 saturated carbocycles. The van der Waals surface area contributed by atoms with Crippen molar-refractivity contribution < 1.29 is 9.47 Å². The van der Waals surface area contributed by atoms with Crippen molar-refractivity contribution >= 4 is 11.6 Å². The fourth-order valence-electron chi connectivity index (χ4n) is 2.87. The highest BCUT2D eigenvalue weighted by Gasteiger charge is 2.35. The Morgan fingerprint density at radius 1 is 1.06 bits per heavy atom. The summed E-state index contributed by atoms with van der Waals surface area (Å²) in [6, 6.07) is 4.15. The summed E-state index contributed by atoms with van der Waals surface area (Å²) in [6.07, 6.45) is 5.74. The highest BCUT2D eigenvalue weighted by atomic mass is 16.5. The first-order valence-corrected chi connectivity index (χ1v) is 6.26. The second-order valence-corrected chi connectivity index (χ2v) is 5.56. The molecule has 0 amide bonds. The number of hydrogen-bond donors (Lipinski definition) is 0. The van der Waals surface area contributed by atoms with Crippen LogP contribution in [0.5, 0.6) is 11.5 Å². The molecule has 0 radical (unpaired) electrons. The maximum Gasteiger partial charge on any atom is 0.161 e. The summed E-state index contributed by atoms with van der Waals surface area (Å²) in [7, 11) is 3.36. The summed E-state index contributed by atoms with van der Waals surface area (Å²) >= 11 is 0. The standard InChI is InChI=1S/C16H18O2/c1-16(2)6-5-11-12-9-15(18-4)14(17-3)8-10(12)7-13(11)16/h5,7-9H,6H2,1-4H3. The SMILES string of the molecule is COc1cc2c(cc1OC)C1=CCC(C)(C)C1=C2. The zero-order chi connectivity index (χ0) is 12.9. The van der Waals surface area contributed by atoms with E-state index < -0.39 is 0 Å². The first kappa shape index (κ1) is 11.4. The summed E-state index contributed by atoms with van der Waals surface area (Å²) in [6.45, 7) is 4.59. The highest BCUT2D eigenvalue weighted by molar-refractivity contribution is 5.98. The molecule has 0 heterocycles. The Morgan fingerprint density at radius 3 is 2.39 bits per heavy atom. The molecule has 94 valence electrons. The van der Waals surface area contributed by atoms with Gasteiger partial charge in [-0.15, -0.1) is 0 Å². The second kappa shape index (κ2) is 3.64. The minimum atomic E-state index is 0.245. The summed E-state index contributed by atoms with van der Waals surface area (Å²) in [5, 5.41) is 0. The van der Waals surface area contributed by atoms with Crippen molar-refractivity contribution in [2.24, 2.45) is 5.41 Å². The summed E-state index contributed by atoms with van der Waals surface area (Å²) in [5.41, 5.74) is 5.56. The largest absolute Gasteiger partial charge is 0.493 e. The number of allylic oxidation sites excluding steroid dienone is 3. The molecule has 0 N–H and O–H groups in total. The van der Waals surface area contributed by atoms with Crippen molar-refractivity contribution in [3.63, 3.8) is 0 Å². The number of ether oxygens (including phenoxy) is 2. The van der Waals surface area contributed by atoms with Crippen LogP contribution >= 0.6 is 0 Å². The van der Waals surface area contributed by atoms with E-state index in [9.17, 15) is 0 Å². The molecule has 0 unspecified atom stereocenters. The van der Waals surface area contributed by atoms with Gasteiger partial charge in [0.05, 0.1) is 14.2 Å². The lowest BCUT2D eigenvalue weighted by atomic mass is 9.85. The van der Waals surface area contributed by atoms with E-state index in [-0.39, 0.29) is 5.41 Å².